The fraction of sp³-hybridized carbons (Fsp3) is 0.333. The van der Waals surface area contributed by atoms with Crippen molar-refractivity contribution in [2.75, 3.05) is 17.6 Å². The number of oxazole rings is 1. The van der Waals surface area contributed by atoms with Gasteiger partial charge in [-0.25, -0.2) is 9.59 Å². The van der Waals surface area contributed by atoms with Crippen LogP contribution in [0.2, 0.25) is 0 Å². The van der Waals surface area contributed by atoms with Crippen molar-refractivity contribution in [1.82, 2.24) is 20.1 Å². The standard InChI is InChI=1S/C15H17N5O3S2/c1-9-18-19-14(25-9)24-7-3-6-16-13(21)17-10-4-5-12-11(8-10)20(2)15(22)23-12/h4-5,8H,3,6-7H2,1-2H3,(H2,16,17,21). The number of benzene rings is 1. The molecule has 132 valence electrons. The zero-order valence-corrected chi connectivity index (χ0v) is 15.4. The average molecular weight is 379 g/mol. The molecule has 3 rings (SSSR count). The maximum absolute atomic E-state index is 11.9. The monoisotopic (exact) mass is 379 g/mol. The molecule has 2 heterocycles. The Morgan fingerprint density at radius 3 is 3.00 bits per heavy atom. The Labute approximate surface area is 151 Å². The summed E-state index contributed by atoms with van der Waals surface area (Å²) in [4.78, 5) is 23.4. The van der Waals surface area contributed by atoms with Gasteiger partial charge >= 0.3 is 11.8 Å². The minimum absolute atomic E-state index is 0.287. The third-order valence-corrected chi connectivity index (χ3v) is 5.45. The van der Waals surface area contributed by atoms with Crippen molar-refractivity contribution >= 4 is 45.9 Å². The van der Waals surface area contributed by atoms with E-state index in [-0.39, 0.29) is 6.03 Å². The maximum Gasteiger partial charge on any atom is 0.419 e. The van der Waals surface area contributed by atoms with Crippen molar-refractivity contribution < 1.29 is 9.21 Å². The molecule has 0 fully saturated rings. The largest absolute Gasteiger partial charge is 0.419 e. The van der Waals surface area contributed by atoms with Gasteiger partial charge in [0.2, 0.25) is 0 Å². The van der Waals surface area contributed by atoms with Crippen LogP contribution in [0.1, 0.15) is 11.4 Å². The van der Waals surface area contributed by atoms with Crippen LogP contribution in [0.3, 0.4) is 0 Å². The minimum Gasteiger partial charge on any atom is -0.408 e. The van der Waals surface area contributed by atoms with Crippen LogP contribution in [-0.2, 0) is 7.05 Å². The van der Waals surface area contributed by atoms with Gasteiger partial charge in [0.05, 0.1) is 5.52 Å². The maximum atomic E-state index is 11.9. The highest BCUT2D eigenvalue weighted by Crippen LogP contribution is 2.22. The van der Waals surface area contributed by atoms with E-state index in [2.05, 4.69) is 20.8 Å². The lowest BCUT2D eigenvalue weighted by Crippen LogP contribution is -2.29. The third kappa shape index (κ3) is 4.40. The molecule has 10 heteroatoms. The number of aromatic nitrogens is 3. The van der Waals surface area contributed by atoms with Gasteiger partial charge in [0.15, 0.2) is 9.92 Å². The van der Waals surface area contributed by atoms with Crippen LogP contribution in [-0.4, -0.2) is 33.1 Å². The van der Waals surface area contributed by atoms with Gasteiger partial charge in [-0.15, -0.1) is 10.2 Å². The van der Waals surface area contributed by atoms with Crippen molar-refractivity contribution in [2.24, 2.45) is 7.05 Å². The number of carbonyl (C=O) groups is 1. The van der Waals surface area contributed by atoms with Crippen molar-refractivity contribution in [3.8, 4) is 0 Å². The van der Waals surface area contributed by atoms with Gasteiger partial charge < -0.3 is 15.1 Å². The summed E-state index contributed by atoms with van der Waals surface area (Å²) in [6.45, 7) is 2.48. The lowest BCUT2D eigenvalue weighted by atomic mass is 10.3. The molecule has 2 N–H and O–H groups in total. The predicted molar refractivity (Wildman–Crippen MR) is 98.5 cm³/mol. The number of aryl methyl sites for hydroxylation is 2. The molecule has 3 aromatic rings. The predicted octanol–water partition coefficient (Wildman–Crippen LogP) is 2.60. The number of rotatable bonds is 6. The average Bonchev–Trinajstić information content (AvgIpc) is 3.11. The molecule has 0 aliphatic heterocycles. The van der Waals surface area contributed by atoms with E-state index >= 15 is 0 Å². The molecule has 8 nitrogen and oxygen atoms in total. The zero-order valence-electron chi connectivity index (χ0n) is 13.7. The summed E-state index contributed by atoms with van der Waals surface area (Å²) in [5.41, 5.74) is 1.72. The van der Waals surface area contributed by atoms with Crippen molar-refractivity contribution in [1.29, 1.82) is 0 Å². The first-order valence-electron chi connectivity index (χ1n) is 7.60. The van der Waals surface area contributed by atoms with Crippen LogP contribution >= 0.6 is 23.1 Å². The summed E-state index contributed by atoms with van der Waals surface area (Å²) in [6, 6.07) is 4.77. The van der Waals surface area contributed by atoms with E-state index in [9.17, 15) is 9.59 Å². The Morgan fingerprint density at radius 2 is 2.24 bits per heavy atom. The molecule has 0 atom stereocenters. The topological polar surface area (TPSA) is 102 Å². The Balaban J connectivity index is 1.44. The molecule has 1 aromatic carbocycles. The van der Waals surface area contributed by atoms with Gasteiger partial charge in [-0.05, 0) is 31.5 Å². The lowest BCUT2D eigenvalue weighted by Gasteiger charge is -2.07. The molecule has 2 amide bonds. The summed E-state index contributed by atoms with van der Waals surface area (Å²) in [6.07, 6.45) is 0.825. The number of hydrogen-bond acceptors (Lipinski definition) is 7. The van der Waals surface area contributed by atoms with Crippen molar-refractivity contribution in [3.05, 3.63) is 33.8 Å². The first kappa shape index (κ1) is 17.5. The number of nitrogens with zero attached hydrogens (tertiary/aromatic N) is 3. The van der Waals surface area contributed by atoms with Crippen LogP contribution < -0.4 is 16.4 Å². The number of hydrogen-bond donors (Lipinski definition) is 2. The zero-order chi connectivity index (χ0) is 17.8. The van der Waals surface area contributed by atoms with Crippen LogP contribution in [0.5, 0.6) is 0 Å². The highest BCUT2D eigenvalue weighted by atomic mass is 32.2. The van der Waals surface area contributed by atoms with E-state index < -0.39 is 5.76 Å². The smallest absolute Gasteiger partial charge is 0.408 e. The first-order chi connectivity index (χ1) is 12.0. The fourth-order valence-electron chi connectivity index (χ4n) is 2.15. The Morgan fingerprint density at radius 1 is 1.40 bits per heavy atom. The summed E-state index contributed by atoms with van der Waals surface area (Å²) >= 11 is 3.20. The fourth-order valence-corrected chi connectivity index (χ4v) is 3.98. The van der Waals surface area contributed by atoms with Crippen molar-refractivity contribution in [2.45, 2.75) is 17.7 Å². The SMILES string of the molecule is Cc1nnc(SCCCNC(=O)Nc2ccc3oc(=O)n(C)c3c2)s1. The summed E-state index contributed by atoms with van der Waals surface area (Å²) in [5.74, 6) is 0.428. The van der Waals surface area contributed by atoms with Gasteiger partial charge in [-0.2, -0.15) is 0 Å². The van der Waals surface area contributed by atoms with Gasteiger partial charge in [-0.3, -0.25) is 4.57 Å². The normalized spacial score (nSPS) is 11.0. The van der Waals surface area contributed by atoms with E-state index in [1.807, 2.05) is 6.92 Å². The van der Waals surface area contributed by atoms with Crippen LogP contribution in [0.15, 0.2) is 31.8 Å². The molecule has 0 aliphatic carbocycles. The Kier molecular flexibility index (Phi) is 5.39. The molecule has 25 heavy (non-hydrogen) atoms. The number of fused-ring (bicyclic) bond motifs is 1. The molecular formula is C15H17N5O3S2. The Hall–Kier alpha value is -2.33. The van der Waals surface area contributed by atoms with Gasteiger partial charge in [0, 0.05) is 25.0 Å². The summed E-state index contributed by atoms with van der Waals surface area (Å²) in [7, 11) is 1.62. The number of carbonyl (C=O) groups excluding carboxylic acids is 1. The molecule has 0 radical (unpaired) electrons. The van der Waals surface area contributed by atoms with E-state index in [1.54, 1.807) is 48.3 Å². The van der Waals surface area contributed by atoms with Gasteiger partial charge in [-0.1, -0.05) is 23.1 Å². The van der Waals surface area contributed by atoms with Crippen LogP contribution in [0, 0.1) is 6.92 Å². The summed E-state index contributed by atoms with van der Waals surface area (Å²) in [5, 5.41) is 14.5. The van der Waals surface area contributed by atoms with Crippen molar-refractivity contribution in [3.63, 3.8) is 0 Å². The highest BCUT2D eigenvalue weighted by molar-refractivity contribution is 8.01. The van der Waals surface area contributed by atoms with E-state index in [0.717, 1.165) is 21.5 Å². The van der Waals surface area contributed by atoms with Gasteiger partial charge in [0.25, 0.3) is 0 Å². The minimum atomic E-state index is -0.431. The number of anilines is 1. The Bertz CT molecular complexity index is 946. The number of thioether (sulfide) groups is 1. The number of nitrogens with one attached hydrogen (secondary N) is 2. The quantitative estimate of drug-likeness (QED) is 0.504. The number of urea groups is 1. The molecule has 0 spiro atoms. The second-order valence-electron chi connectivity index (χ2n) is 5.28. The molecule has 0 bridgehead atoms. The van der Waals surface area contributed by atoms with Crippen LogP contribution in [0.4, 0.5) is 10.5 Å². The highest BCUT2D eigenvalue weighted by Gasteiger charge is 2.08. The van der Waals surface area contributed by atoms with E-state index in [4.69, 9.17) is 4.42 Å². The first-order valence-corrected chi connectivity index (χ1v) is 9.40. The third-order valence-electron chi connectivity index (χ3n) is 3.39. The summed E-state index contributed by atoms with van der Waals surface area (Å²) < 4.78 is 7.40. The van der Waals surface area contributed by atoms with Crippen LogP contribution in [0.25, 0.3) is 11.1 Å². The molecular weight excluding hydrogens is 362 g/mol. The molecule has 0 unspecified atom stereocenters. The van der Waals surface area contributed by atoms with E-state index in [0.29, 0.717) is 23.3 Å². The lowest BCUT2D eigenvalue weighted by molar-refractivity contribution is 0.252. The van der Waals surface area contributed by atoms with Gasteiger partial charge in [0.1, 0.15) is 5.01 Å². The molecule has 0 saturated carbocycles. The van der Waals surface area contributed by atoms with E-state index in [1.165, 1.54) is 4.57 Å². The molecule has 0 saturated heterocycles. The second kappa shape index (κ2) is 7.70. The molecule has 2 aromatic heterocycles. The molecule has 0 aliphatic rings. The number of amides is 2. The second-order valence-corrected chi connectivity index (χ2v) is 7.80.